The Morgan fingerprint density at radius 1 is 1.06 bits per heavy atom. The van der Waals surface area contributed by atoms with E-state index in [4.69, 9.17) is 11.6 Å². The molecule has 1 aromatic carbocycles. The Morgan fingerprint density at radius 3 is 2.25 bits per heavy atom. The van der Waals surface area contributed by atoms with Gasteiger partial charge in [-0.15, -0.1) is 0 Å². The molecule has 0 saturated carbocycles. The first kappa shape index (κ1) is 10.5. The molecule has 0 unspecified atom stereocenters. The van der Waals surface area contributed by atoms with E-state index < -0.39 is 17.1 Å². The zero-order valence-electron chi connectivity index (χ0n) is 7.95. The molecule has 0 spiro atoms. The molecule has 0 radical (unpaired) electrons. The van der Waals surface area contributed by atoms with Crippen LogP contribution in [0.5, 0.6) is 5.88 Å². The SMILES string of the molecule is O=c1[nH]c(O)c(-c2ccc(Cl)cc2)c(=O)[nH]1. The molecule has 1 aromatic heterocycles. The van der Waals surface area contributed by atoms with Gasteiger partial charge in [0.05, 0.1) is 0 Å². The summed E-state index contributed by atoms with van der Waals surface area (Å²) in [5, 5.41) is 10.0. The molecule has 0 atom stereocenters. The van der Waals surface area contributed by atoms with Crippen LogP contribution in [0.4, 0.5) is 0 Å². The van der Waals surface area contributed by atoms with Gasteiger partial charge in [0.1, 0.15) is 5.56 Å². The summed E-state index contributed by atoms with van der Waals surface area (Å²) in [5.74, 6) is -0.462. The highest BCUT2D eigenvalue weighted by molar-refractivity contribution is 6.30. The summed E-state index contributed by atoms with van der Waals surface area (Å²) in [5.41, 5.74) is -0.917. The minimum Gasteiger partial charge on any atom is -0.494 e. The second-order valence-electron chi connectivity index (χ2n) is 3.14. The smallest absolute Gasteiger partial charge is 0.328 e. The fraction of sp³-hybridized carbons (Fsp3) is 0. The zero-order chi connectivity index (χ0) is 11.7. The normalized spacial score (nSPS) is 10.3. The molecule has 0 fully saturated rings. The predicted molar refractivity (Wildman–Crippen MR) is 59.8 cm³/mol. The number of hydrogen-bond donors (Lipinski definition) is 3. The molecular weight excluding hydrogens is 232 g/mol. The lowest BCUT2D eigenvalue weighted by molar-refractivity contribution is 0.451. The highest BCUT2D eigenvalue weighted by Gasteiger charge is 2.10. The van der Waals surface area contributed by atoms with Crippen LogP contribution in [-0.2, 0) is 0 Å². The van der Waals surface area contributed by atoms with E-state index in [2.05, 4.69) is 4.98 Å². The van der Waals surface area contributed by atoms with E-state index in [9.17, 15) is 14.7 Å². The van der Waals surface area contributed by atoms with E-state index >= 15 is 0 Å². The fourth-order valence-electron chi connectivity index (χ4n) is 1.36. The van der Waals surface area contributed by atoms with E-state index in [0.29, 0.717) is 10.6 Å². The lowest BCUT2D eigenvalue weighted by Gasteiger charge is -2.02. The van der Waals surface area contributed by atoms with Gasteiger partial charge in [-0.05, 0) is 17.7 Å². The Morgan fingerprint density at radius 2 is 1.69 bits per heavy atom. The van der Waals surface area contributed by atoms with Crippen LogP contribution < -0.4 is 11.2 Å². The molecule has 0 aliphatic carbocycles. The van der Waals surface area contributed by atoms with Crippen molar-refractivity contribution >= 4 is 11.6 Å². The average Bonchev–Trinajstić information content (AvgIpc) is 2.19. The highest BCUT2D eigenvalue weighted by Crippen LogP contribution is 2.23. The van der Waals surface area contributed by atoms with Gasteiger partial charge >= 0.3 is 5.69 Å². The first-order chi connectivity index (χ1) is 7.58. The summed E-state index contributed by atoms with van der Waals surface area (Å²) in [4.78, 5) is 26.5. The molecular formula is C10H7ClN2O3. The maximum atomic E-state index is 11.5. The van der Waals surface area contributed by atoms with Gasteiger partial charge in [0.25, 0.3) is 5.56 Å². The van der Waals surface area contributed by atoms with Crippen LogP contribution in [0.3, 0.4) is 0 Å². The number of halogens is 1. The molecule has 0 aliphatic heterocycles. The molecule has 0 bridgehead atoms. The zero-order valence-corrected chi connectivity index (χ0v) is 8.71. The van der Waals surface area contributed by atoms with E-state index in [1.807, 2.05) is 4.98 Å². The van der Waals surface area contributed by atoms with E-state index in [1.165, 1.54) is 0 Å². The molecule has 0 aliphatic rings. The summed E-state index contributed by atoms with van der Waals surface area (Å²) in [6, 6.07) is 6.32. The lowest BCUT2D eigenvalue weighted by atomic mass is 10.1. The van der Waals surface area contributed by atoms with Crippen LogP contribution in [0, 0.1) is 0 Å². The Bertz CT molecular complexity index is 628. The van der Waals surface area contributed by atoms with Crippen molar-refractivity contribution in [2.75, 3.05) is 0 Å². The summed E-state index contributed by atoms with van der Waals surface area (Å²) in [6.07, 6.45) is 0. The van der Waals surface area contributed by atoms with Gasteiger partial charge in [-0.2, -0.15) is 0 Å². The average molecular weight is 239 g/mol. The molecule has 16 heavy (non-hydrogen) atoms. The summed E-state index contributed by atoms with van der Waals surface area (Å²) in [6.45, 7) is 0. The molecule has 3 N–H and O–H groups in total. The third-order valence-corrected chi connectivity index (χ3v) is 2.31. The Kier molecular flexibility index (Phi) is 2.54. The van der Waals surface area contributed by atoms with Crippen molar-refractivity contribution in [1.82, 2.24) is 9.97 Å². The van der Waals surface area contributed by atoms with Crippen molar-refractivity contribution in [2.45, 2.75) is 0 Å². The monoisotopic (exact) mass is 238 g/mol. The van der Waals surface area contributed by atoms with Gasteiger partial charge in [-0.25, -0.2) is 4.79 Å². The summed E-state index contributed by atoms with van der Waals surface area (Å²) >= 11 is 5.70. The number of nitrogens with one attached hydrogen (secondary N) is 2. The number of aromatic hydroxyl groups is 1. The second-order valence-corrected chi connectivity index (χ2v) is 3.58. The molecule has 2 rings (SSSR count). The van der Waals surface area contributed by atoms with E-state index in [0.717, 1.165) is 0 Å². The third kappa shape index (κ3) is 1.85. The first-order valence-electron chi connectivity index (χ1n) is 4.39. The topological polar surface area (TPSA) is 85.9 Å². The molecule has 6 heteroatoms. The quantitative estimate of drug-likeness (QED) is 0.695. The minimum atomic E-state index is -0.750. The standard InChI is InChI=1S/C10H7ClN2O3/c11-6-3-1-5(2-4-6)7-8(14)12-10(16)13-9(7)15/h1-4H,(H3,12,13,14,15,16). The maximum Gasteiger partial charge on any atom is 0.328 e. The van der Waals surface area contributed by atoms with E-state index in [-0.39, 0.29) is 5.56 Å². The summed E-state index contributed by atoms with van der Waals surface area (Å²) in [7, 11) is 0. The Labute approximate surface area is 94.3 Å². The van der Waals surface area contributed by atoms with E-state index in [1.54, 1.807) is 24.3 Å². The Hall–Kier alpha value is -2.01. The number of aromatic nitrogens is 2. The lowest BCUT2D eigenvalue weighted by Crippen LogP contribution is -2.23. The van der Waals surface area contributed by atoms with Gasteiger partial charge in [0, 0.05) is 5.02 Å². The van der Waals surface area contributed by atoms with Crippen molar-refractivity contribution in [3.8, 4) is 17.0 Å². The van der Waals surface area contributed by atoms with Crippen molar-refractivity contribution in [3.63, 3.8) is 0 Å². The molecule has 0 amide bonds. The third-order valence-electron chi connectivity index (χ3n) is 2.06. The van der Waals surface area contributed by atoms with Gasteiger partial charge < -0.3 is 5.11 Å². The van der Waals surface area contributed by atoms with Crippen LogP contribution in [-0.4, -0.2) is 15.1 Å². The number of benzene rings is 1. The van der Waals surface area contributed by atoms with Crippen molar-refractivity contribution in [1.29, 1.82) is 0 Å². The molecule has 0 saturated heterocycles. The van der Waals surface area contributed by atoms with Crippen molar-refractivity contribution in [2.24, 2.45) is 0 Å². The number of aromatic amines is 2. The number of hydrogen-bond acceptors (Lipinski definition) is 3. The van der Waals surface area contributed by atoms with Crippen molar-refractivity contribution < 1.29 is 5.11 Å². The predicted octanol–water partition coefficient (Wildman–Crippen LogP) is 1.09. The second kappa shape index (κ2) is 3.86. The highest BCUT2D eigenvalue weighted by atomic mass is 35.5. The fourth-order valence-corrected chi connectivity index (χ4v) is 1.48. The van der Waals surface area contributed by atoms with Crippen molar-refractivity contribution in [3.05, 3.63) is 50.1 Å². The van der Waals surface area contributed by atoms with Crippen LogP contribution in [0.1, 0.15) is 0 Å². The molecule has 2 aromatic rings. The number of rotatable bonds is 1. The van der Waals surface area contributed by atoms with Crippen LogP contribution in [0.25, 0.3) is 11.1 Å². The van der Waals surface area contributed by atoms with Crippen LogP contribution in [0.2, 0.25) is 5.02 Å². The molecule has 5 nitrogen and oxygen atoms in total. The van der Waals surface area contributed by atoms with Gasteiger partial charge in [0.2, 0.25) is 5.88 Å². The van der Waals surface area contributed by atoms with Gasteiger partial charge in [-0.1, -0.05) is 23.7 Å². The molecule has 1 heterocycles. The molecule has 82 valence electrons. The van der Waals surface area contributed by atoms with Gasteiger partial charge in [0.15, 0.2) is 0 Å². The maximum absolute atomic E-state index is 11.5. The summed E-state index contributed by atoms with van der Waals surface area (Å²) < 4.78 is 0. The van der Waals surface area contributed by atoms with Crippen LogP contribution >= 0.6 is 11.6 Å². The number of H-pyrrole nitrogens is 2. The van der Waals surface area contributed by atoms with Crippen LogP contribution in [0.15, 0.2) is 33.9 Å². The Balaban J connectivity index is 2.69. The minimum absolute atomic E-state index is 0.0104. The van der Waals surface area contributed by atoms with Gasteiger partial charge in [-0.3, -0.25) is 14.8 Å². The first-order valence-corrected chi connectivity index (χ1v) is 4.77. The largest absolute Gasteiger partial charge is 0.494 e.